The fourth-order valence-electron chi connectivity index (χ4n) is 5.10. The first-order chi connectivity index (χ1) is 15.4. The molecule has 0 spiro atoms. The summed E-state index contributed by atoms with van der Waals surface area (Å²) in [7, 11) is -0.117. The van der Waals surface area contributed by atoms with Crippen molar-refractivity contribution in [3.63, 3.8) is 0 Å². The lowest BCUT2D eigenvalue weighted by molar-refractivity contribution is 0.660. The van der Waals surface area contributed by atoms with Crippen molar-refractivity contribution in [3.8, 4) is 11.1 Å². The Morgan fingerprint density at radius 2 is 1.50 bits per heavy atom. The van der Waals surface area contributed by atoms with Crippen LogP contribution in [0.25, 0.3) is 33.1 Å². The van der Waals surface area contributed by atoms with E-state index in [1.807, 2.05) is 0 Å². The smallest absolute Gasteiger partial charge is 0.158 e. The quantitative estimate of drug-likeness (QED) is 0.288. The van der Waals surface area contributed by atoms with Crippen LogP contribution in [0.15, 0.2) is 88.2 Å². The molecule has 4 aromatic carbocycles. The summed E-state index contributed by atoms with van der Waals surface area (Å²) in [6, 6.07) is 28.1. The topological polar surface area (TPSA) is 25.2 Å². The number of nitrogens with one attached hydrogen (secondary N) is 1. The van der Waals surface area contributed by atoms with Gasteiger partial charge in [0.15, 0.2) is 5.58 Å². The van der Waals surface area contributed by atoms with Crippen LogP contribution in [-0.4, -0.2) is 12.1 Å². The van der Waals surface area contributed by atoms with E-state index in [0.717, 1.165) is 33.3 Å². The van der Waals surface area contributed by atoms with E-state index in [1.54, 1.807) is 0 Å². The van der Waals surface area contributed by atoms with Crippen molar-refractivity contribution in [1.29, 1.82) is 0 Å². The second-order valence-corrected chi connectivity index (χ2v) is 10.8. The molecule has 5 aromatic rings. The highest BCUT2D eigenvalue weighted by molar-refractivity contribution is 8.13. The zero-order chi connectivity index (χ0) is 22.0. The van der Waals surface area contributed by atoms with Crippen molar-refractivity contribution in [2.24, 2.45) is 0 Å². The second kappa shape index (κ2) is 6.85. The summed E-state index contributed by atoms with van der Waals surface area (Å²) in [6.45, 7) is 4.62. The first kappa shape index (κ1) is 19.4. The normalized spacial score (nSPS) is 15.0. The van der Waals surface area contributed by atoms with Crippen molar-refractivity contribution in [1.82, 2.24) is 0 Å². The summed E-state index contributed by atoms with van der Waals surface area (Å²) in [6.07, 6.45) is 2.13. The number of anilines is 2. The summed E-state index contributed by atoms with van der Waals surface area (Å²) in [5.74, 6) is 4.24. The van der Waals surface area contributed by atoms with Gasteiger partial charge < -0.3 is 9.73 Å². The fourth-order valence-corrected chi connectivity index (χ4v) is 5.88. The largest absolute Gasteiger partial charge is 0.453 e. The molecule has 6 rings (SSSR count). The Morgan fingerprint density at radius 3 is 2.31 bits per heavy atom. The molecule has 158 valence electrons. The van der Waals surface area contributed by atoms with E-state index >= 15 is 0 Å². The van der Waals surface area contributed by atoms with Gasteiger partial charge >= 0.3 is 0 Å². The van der Waals surface area contributed by atoms with Crippen LogP contribution in [0.1, 0.15) is 25.0 Å². The number of hydrogen-bond acceptors (Lipinski definition) is 2. The Balaban J connectivity index is 1.47. The third-order valence-electron chi connectivity index (χ3n) is 6.73. The minimum absolute atomic E-state index is 0.0188. The Morgan fingerprint density at radius 1 is 0.781 bits per heavy atom. The molecule has 1 aliphatic carbocycles. The maximum Gasteiger partial charge on any atom is 0.158 e. The Bertz CT molecular complexity index is 1560. The Kier molecular flexibility index (Phi) is 4.15. The molecule has 3 heteroatoms. The van der Waals surface area contributed by atoms with Crippen LogP contribution in [0.4, 0.5) is 11.4 Å². The molecule has 0 saturated carbocycles. The third kappa shape index (κ3) is 2.71. The lowest BCUT2D eigenvalue weighted by Crippen LogP contribution is -2.15. The minimum Gasteiger partial charge on any atom is -0.453 e. The predicted molar refractivity (Wildman–Crippen MR) is 140 cm³/mol. The van der Waals surface area contributed by atoms with Gasteiger partial charge in [0.05, 0.1) is 5.69 Å². The number of hydrogen-bond donors (Lipinski definition) is 1. The molecule has 32 heavy (non-hydrogen) atoms. The molecule has 0 bridgehead atoms. The monoisotopic (exact) mass is 435 g/mol. The number of furan rings is 1. The van der Waals surface area contributed by atoms with E-state index in [1.165, 1.54) is 27.1 Å². The molecule has 1 aliphatic rings. The van der Waals surface area contributed by atoms with Gasteiger partial charge in [0, 0.05) is 26.8 Å². The molecule has 1 N–H and O–H groups in total. The molecule has 2 nitrogen and oxygen atoms in total. The summed E-state index contributed by atoms with van der Waals surface area (Å²) in [4.78, 5) is 1.17. The fraction of sp³-hybridized carbons (Fsp3) is 0.138. The van der Waals surface area contributed by atoms with Gasteiger partial charge in [0.1, 0.15) is 5.58 Å². The molecule has 0 amide bonds. The Hall–Kier alpha value is -3.30. The average molecular weight is 436 g/mol. The van der Waals surface area contributed by atoms with Crippen LogP contribution < -0.4 is 5.32 Å². The Labute approximate surface area is 190 Å². The van der Waals surface area contributed by atoms with Crippen LogP contribution in [0.3, 0.4) is 0 Å². The van der Waals surface area contributed by atoms with Crippen LogP contribution >= 0.6 is 10.5 Å². The highest BCUT2D eigenvalue weighted by Crippen LogP contribution is 2.49. The van der Waals surface area contributed by atoms with Gasteiger partial charge in [-0.25, -0.2) is 0 Å². The van der Waals surface area contributed by atoms with Crippen molar-refractivity contribution in [2.75, 3.05) is 11.6 Å². The lowest BCUT2D eigenvalue weighted by atomic mass is 9.82. The van der Waals surface area contributed by atoms with Crippen LogP contribution in [0.5, 0.6) is 0 Å². The number of rotatable bonds is 3. The zero-order valence-electron chi connectivity index (χ0n) is 18.5. The van der Waals surface area contributed by atoms with Crippen LogP contribution in [-0.2, 0) is 5.41 Å². The summed E-state index contributed by atoms with van der Waals surface area (Å²) in [5.41, 5.74) is 9.30. The number of fused-ring (bicyclic) bond motifs is 6. The van der Waals surface area contributed by atoms with E-state index in [0.29, 0.717) is 0 Å². The van der Waals surface area contributed by atoms with E-state index in [-0.39, 0.29) is 15.9 Å². The van der Waals surface area contributed by atoms with Crippen LogP contribution in [0, 0.1) is 0 Å². The van der Waals surface area contributed by atoms with Gasteiger partial charge in [0.25, 0.3) is 0 Å². The molecule has 1 unspecified atom stereocenters. The summed E-state index contributed by atoms with van der Waals surface area (Å²) < 4.78 is 6.44. The zero-order valence-corrected chi connectivity index (χ0v) is 19.3. The average Bonchev–Trinajstić information content (AvgIpc) is 3.28. The van der Waals surface area contributed by atoms with Gasteiger partial charge in [-0.1, -0.05) is 74.3 Å². The second-order valence-electron chi connectivity index (χ2n) is 9.11. The highest BCUT2D eigenvalue weighted by atomic mass is 32.2. The number of para-hydroxylation sites is 2. The van der Waals surface area contributed by atoms with Crippen molar-refractivity contribution < 1.29 is 4.42 Å². The molecule has 0 fully saturated rings. The molecular weight excluding hydrogens is 410 g/mol. The standard InChI is InChI=1S/C29H25NOS/c1-29(2)23-12-6-5-9-19(23)20-16-15-18(17-24(20)29)30-25-13-7-10-21-22-11-8-14-26(32(3)4)28(22)31-27(21)25/h5-17,30H,3H2,1-2,4H3. The van der Waals surface area contributed by atoms with Gasteiger partial charge in [-0.2, -0.15) is 10.5 Å². The van der Waals surface area contributed by atoms with Gasteiger partial charge in [0.2, 0.25) is 0 Å². The molecule has 1 aromatic heterocycles. The van der Waals surface area contributed by atoms with Crippen molar-refractivity contribution >= 4 is 49.7 Å². The summed E-state index contributed by atoms with van der Waals surface area (Å²) in [5, 5.41) is 5.92. The van der Waals surface area contributed by atoms with E-state index in [4.69, 9.17) is 4.42 Å². The minimum atomic E-state index is -0.117. The van der Waals surface area contributed by atoms with E-state index < -0.39 is 0 Å². The number of benzene rings is 4. The lowest BCUT2D eigenvalue weighted by Gasteiger charge is -2.22. The van der Waals surface area contributed by atoms with Crippen LogP contribution in [0.2, 0.25) is 0 Å². The highest BCUT2D eigenvalue weighted by Gasteiger charge is 2.35. The molecular formula is C29H25NOS. The summed E-state index contributed by atoms with van der Waals surface area (Å²) >= 11 is 0. The van der Waals surface area contributed by atoms with Gasteiger partial charge in [-0.15, -0.1) is 0 Å². The molecule has 1 heterocycles. The maximum atomic E-state index is 6.44. The van der Waals surface area contributed by atoms with Crippen molar-refractivity contribution in [2.45, 2.75) is 24.2 Å². The van der Waals surface area contributed by atoms with Crippen molar-refractivity contribution in [3.05, 3.63) is 90.0 Å². The molecule has 0 radical (unpaired) electrons. The van der Waals surface area contributed by atoms with E-state index in [2.05, 4.69) is 110 Å². The SMILES string of the molecule is C=S(C)c1cccc2c1oc1c(Nc3ccc4c(c3)C(C)(C)c3ccccc3-4)cccc12. The predicted octanol–water partition coefficient (Wildman–Crippen LogP) is 8.33. The first-order valence-electron chi connectivity index (χ1n) is 10.9. The molecule has 1 atom stereocenters. The third-order valence-corrected chi connectivity index (χ3v) is 7.80. The molecule has 0 saturated heterocycles. The first-order valence-corrected chi connectivity index (χ1v) is 12.7. The maximum absolute atomic E-state index is 6.44. The molecule has 0 aliphatic heterocycles. The van der Waals surface area contributed by atoms with Gasteiger partial charge in [-0.05, 0) is 52.8 Å². The van der Waals surface area contributed by atoms with E-state index in [9.17, 15) is 0 Å². The van der Waals surface area contributed by atoms with Gasteiger partial charge in [-0.3, -0.25) is 0 Å².